The minimum atomic E-state index is -0.437. The largest absolute Gasteiger partial charge is 0.487 e. The summed E-state index contributed by atoms with van der Waals surface area (Å²) in [4.78, 5) is 25.6. The topological polar surface area (TPSA) is 55.8 Å². The predicted octanol–water partition coefficient (Wildman–Crippen LogP) is 4.35. The van der Waals surface area contributed by atoms with E-state index in [-0.39, 0.29) is 19.1 Å². The molecule has 3 rings (SSSR count). The van der Waals surface area contributed by atoms with Crippen LogP contribution >= 0.6 is 23.2 Å². The maximum atomic E-state index is 12.1. The van der Waals surface area contributed by atoms with Crippen LogP contribution in [0.4, 0.5) is 0 Å². The number of amides is 1. The van der Waals surface area contributed by atoms with Gasteiger partial charge in [0.1, 0.15) is 13.2 Å². The van der Waals surface area contributed by atoms with Gasteiger partial charge < -0.3 is 14.4 Å². The second kappa shape index (κ2) is 9.11. The second-order valence-corrected chi connectivity index (χ2v) is 6.97. The summed E-state index contributed by atoms with van der Waals surface area (Å²) in [6.07, 6.45) is 1.52. The Kier molecular flexibility index (Phi) is 6.58. The summed E-state index contributed by atoms with van der Waals surface area (Å²) < 4.78 is 10.7. The molecule has 0 radical (unpaired) electrons. The van der Waals surface area contributed by atoms with E-state index >= 15 is 0 Å². The number of carbonyl (C=O) groups is 2. The minimum Gasteiger partial charge on any atom is -0.487 e. The first-order valence-electron chi connectivity index (χ1n) is 8.65. The first kappa shape index (κ1) is 19.5. The van der Waals surface area contributed by atoms with Crippen LogP contribution in [0.15, 0.2) is 42.5 Å². The van der Waals surface area contributed by atoms with Gasteiger partial charge >= 0.3 is 5.97 Å². The first-order chi connectivity index (χ1) is 13.0. The van der Waals surface area contributed by atoms with Gasteiger partial charge in [-0.15, -0.1) is 0 Å². The molecule has 1 heterocycles. The zero-order valence-electron chi connectivity index (χ0n) is 14.6. The Hall–Kier alpha value is -2.24. The van der Waals surface area contributed by atoms with Gasteiger partial charge in [-0.2, -0.15) is 0 Å². The van der Waals surface area contributed by atoms with Crippen molar-refractivity contribution in [2.24, 2.45) is 0 Å². The molecule has 1 aliphatic heterocycles. The molecule has 142 valence electrons. The van der Waals surface area contributed by atoms with Crippen molar-refractivity contribution in [3.63, 3.8) is 0 Å². The third-order valence-electron chi connectivity index (χ3n) is 4.22. The average Bonchev–Trinajstić information content (AvgIpc) is 3.06. The van der Waals surface area contributed by atoms with Gasteiger partial charge in [-0.05, 0) is 36.2 Å². The zero-order chi connectivity index (χ0) is 19.2. The number of nitrogens with zero attached hydrogens (tertiary/aromatic N) is 1. The normalized spacial score (nSPS) is 13.7. The summed E-state index contributed by atoms with van der Waals surface area (Å²) in [5.74, 6) is 0.113. The molecule has 0 saturated carbocycles. The van der Waals surface area contributed by atoms with Crippen LogP contribution in [-0.2, 0) is 16.1 Å². The van der Waals surface area contributed by atoms with Crippen molar-refractivity contribution in [3.8, 4) is 5.75 Å². The zero-order valence-corrected chi connectivity index (χ0v) is 16.1. The molecule has 0 spiro atoms. The highest BCUT2D eigenvalue weighted by molar-refractivity contribution is 6.37. The molecule has 2 aromatic carbocycles. The quantitative estimate of drug-likeness (QED) is 0.505. The Bertz CT molecular complexity index is 803. The molecule has 0 N–H and O–H groups in total. The molecule has 27 heavy (non-hydrogen) atoms. The lowest BCUT2D eigenvalue weighted by Gasteiger charge is -2.15. The Morgan fingerprint density at radius 2 is 1.74 bits per heavy atom. The number of ether oxygens (including phenoxy) is 2. The summed E-state index contributed by atoms with van der Waals surface area (Å²) in [6, 6.07) is 12.1. The van der Waals surface area contributed by atoms with Gasteiger partial charge in [0.05, 0.1) is 15.6 Å². The Morgan fingerprint density at radius 1 is 1.04 bits per heavy atom. The molecular formula is C20H19Cl2NO4. The average molecular weight is 408 g/mol. The Labute approximate surface area is 167 Å². The fraction of sp³-hybridized carbons (Fsp3) is 0.300. The molecule has 1 saturated heterocycles. The van der Waals surface area contributed by atoms with Crippen LogP contribution in [0.25, 0.3) is 0 Å². The molecule has 0 bridgehead atoms. The van der Waals surface area contributed by atoms with E-state index < -0.39 is 5.97 Å². The highest BCUT2D eigenvalue weighted by Gasteiger charge is 2.20. The van der Waals surface area contributed by atoms with E-state index in [9.17, 15) is 9.59 Å². The summed E-state index contributed by atoms with van der Waals surface area (Å²) in [5.41, 5.74) is 1.43. The smallest absolute Gasteiger partial charge is 0.338 e. The number of likely N-dealkylation sites (tertiary alicyclic amines) is 1. The van der Waals surface area contributed by atoms with Gasteiger partial charge in [0.25, 0.3) is 0 Å². The molecule has 0 atom stereocenters. The van der Waals surface area contributed by atoms with Crippen molar-refractivity contribution in [2.75, 3.05) is 19.8 Å². The third-order valence-corrected chi connectivity index (χ3v) is 4.81. The fourth-order valence-corrected chi connectivity index (χ4v) is 3.33. The molecule has 0 aromatic heterocycles. The van der Waals surface area contributed by atoms with Crippen molar-refractivity contribution in [2.45, 2.75) is 19.4 Å². The third kappa shape index (κ3) is 5.15. The maximum Gasteiger partial charge on any atom is 0.338 e. The maximum absolute atomic E-state index is 12.1. The van der Waals surface area contributed by atoms with Crippen LogP contribution in [0.1, 0.15) is 28.8 Å². The van der Waals surface area contributed by atoms with Crippen molar-refractivity contribution >= 4 is 35.1 Å². The first-order valence-corrected chi connectivity index (χ1v) is 9.41. The van der Waals surface area contributed by atoms with Gasteiger partial charge in [0, 0.05) is 19.5 Å². The fourth-order valence-electron chi connectivity index (χ4n) is 2.82. The lowest BCUT2D eigenvalue weighted by molar-refractivity contribution is -0.128. The van der Waals surface area contributed by atoms with Crippen molar-refractivity contribution in [1.82, 2.24) is 4.90 Å². The molecule has 0 aliphatic carbocycles. The van der Waals surface area contributed by atoms with Gasteiger partial charge in [0.2, 0.25) is 5.91 Å². The summed E-state index contributed by atoms with van der Waals surface area (Å²) >= 11 is 12.0. The van der Waals surface area contributed by atoms with Crippen LogP contribution in [0, 0.1) is 0 Å². The highest BCUT2D eigenvalue weighted by atomic mass is 35.5. The summed E-state index contributed by atoms with van der Waals surface area (Å²) in [7, 11) is 0. The number of para-hydroxylation sites is 1. The number of carbonyl (C=O) groups excluding carboxylic acids is 2. The highest BCUT2D eigenvalue weighted by Crippen LogP contribution is 2.32. The molecule has 7 heteroatoms. The number of esters is 1. The Balaban J connectivity index is 1.46. The van der Waals surface area contributed by atoms with Gasteiger partial charge in [-0.1, -0.05) is 41.4 Å². The van der Waals surface area contributed by atoms with E-state index in [1.165, 1.54) is 0 Å². The molecule has 1 amide bonds. The number of hydrogen-bond donors (Lipinski definition) is 0. The predicted molar refractivity (Wildman–Crippen MR) is 103 cm³/mol. The van der Waals surface area contributed by atoms with Crippen LogP contribution in [0.5, 0.6) is 5.75 Å². The van der Waals surface area contributed by atoms with Crippen LogP contribution in [0.2, 0.25) is 10.0 Å². The molecule has 5 nitrogen and oxygen atoms in total. The molecule has 1 fully saturated rings. The van der Waals surface area contributed by atoms with E-state index in [0.717, 1.165) is 18.5 Å². The van der Waals surface area contributed by atoms with Crippen LogP contribution in [-0.4, -0.2) is 36.5 Å². The van der Waals surface area contributed by atoms with E-state index in [1.807, 2.05) is 17.0 Å². The number of halogens is 2. The van der Waals surface area contributed by atoms with E-state index in [4.69, 9.17) is 32.7 Å². The van der Waals surface area contributed by atoms with Gasteiger partial charge in [-0.25, -0.2) is 4.79 Å². The van der Waals surface area contributed by atoms with Crippen molar-refractivity contribution in [3.05, 3.63) is 63.6 Å². The van der Waals surface area contributed by atoms with E-state index in [2.05, 4.69) is 0 Å². The second-order valence-electron chi connectivity index (χ2n) is 6.15. The lowest BCUT2D eigenvalue weighted by Crippen LogP contribution is -2.23. The van der Waals surface area contributed by atoms with Crippen molar-refractivity contribution in [1.29, 1.82) is 0 Å². The van der Waals surface area contributed by atoms with Crippen LogP contribution < -0.4 is 4.74 Å². The molecule has 1 aliphatic rings. The number of hydrogen-bond acceptors (Lipinski definition) is 4. The van der Waals surface area contributed by atoms with E-state index in [1.54, 1.807) is 30.3 Å². The van der Waals surface area contributed by atoms with Crippen molar-refractivity contribution < 1.29 is 19.1 Å². The molecule has 0 unspecified atom stereocenters. The molecule has 2 aromatic rings. The number of rotatable bonds is 7. The van der Waals surface area contributed by atoms with Gasteiger partial charge in [-0.3, -0.25) is 4.79 Å². The standard InChI is InChI=1S/C20H19Cl2NO4/c21-16-3-1-4-17(22)19(16)26-11-12-27-20(25)15-8-6-14(7-9-15)13-23-10-2-5-18(23)24/h1,3-4,6-9H,2,5,10-13H2. The van der Waals surface area contributed by atoms with Crippen LogP contribution in [0.3, 0.4) is 0 Å². The molecular weight excluding hydrogens is 389 g/mol. The SMILES string of the molecule is O=C(OCCOc1c(Cl)cccc1Cl)c1ccc(CN2CCCC2=O)cc1. The monoisotopic (exact) mass is 407 g/mol. The summed E-state index contributed by atoms with van der Waals surface area (Å²) in [5, 5.41) is 0.807. The summed E-state index contributed by atoms with van der Waals surface area (Å²) in [6.45, 7) is 1.58. The lowest BCUT2D eigenvalue weighted by atomic mass is 10.1. The van der Waals surface area contributed by atoms with Gasteiger partial charge in [0.15, 0.2) is 5.75 Å². The van der Waals surface area contributed by atoms with E-state index in [0.29, 0.717) is 34.3 Å². The minimum absolute atomic E-state index is 0.0738. The Morgan fingerprint density at radius 3 is 2.37 bits per heavy atom. The number of benzene rings is 2.